The Hall–Kier alpha value is -2.29. The van der Waals surface area contributed by atoms with E-state index in [1.165, 1.54) is 12.1 Å². The van der Waals surface area contributed by atoms with Crippen LogP contribution in [0.5, 0.6) is 0 Å². The third-order valence-corrected chi connectivity index (χ3v) is 8.67. The molecule has 1 amide bonds. The van der Waals surface area contributed by atoms with Gasteiger partial charge in [0, 0.05) is 52.2 Å². The summed E-state index contributed by atoms with van der Waals surface area (Å²) < 4.78 is 41.2. The van der Waals surface area contributed by atoms with E-state index in [0.717, 1.165) is 24.0 Å². The van der Waals surface area contributed by atoms with Crippen molar-refractivity contribution < 1.29 is 17.6 Å². The first-order valence-electron chi connectivity index (χ1n) is 12.9. The summed E-state index contributed by atoms with van der Waals surface area (Å²) in [5.41, 5.74) is 1.97. The summed E-state index contributed by atoms with van der Waals surface area (Å²) in [7, 11) is -3.54. The highest BCUT2D eigenvalue weighted by Crippen LogP contribution is 2.25. The SMILES string of the molecule is CCCCC(=O)N(CCN1CCN(S(=O)(=O)c2ccc(C(C)(C)C)cc2)CC1)Cc1ccc(F)cc1. The predicted octanol–water partition coefficient (Wildman–Crippen LogP) is 4.65. The van der Waals surface area contributed by atoms with Gasteiger partial charge in [-0.05, 0) is 47.2 Å². The quantitative estimate of drug-likeness (QED) is 0.460. The van der Waals surface area contributed by atoms with Gasteiger partial charge in [0.05, 0.1) is 4.90 Å². The number of hydrogen-bond acceptors (Lipinski definition) is 4. The maximum Gasteiger partial charge on any atom is 0.243 e. The van der Waals surface area contributed by atoms with E-state index in [1.807, 2.05) is 17.0 Å². The first-order valence-corrected chi connectivity index (χ1v) is 14.3. The third-order valence-electron chi connectivity index (χ3n) is 6.76. The van der Waals surface area contributed by atoms with Crippen LogP contribution in [-0.4, -0.2) is 67.7 Å². The minimum absolute atomic E-state index is 0.0313. The summed E-state index contributed by atoms with van der Waals surface area (Å²) >= 11 is 0. The van der Waals surface area contributed by atoms with Crippen molar-refractivity contribution in [3.8, 4) is 0 Å². The zero-order chi connectivity index (χ0) is 26.3. The molecule has 0 aliphatic carbocycles. The number of piperazine rings is 1. The molecule has 2 aromatic carbocycles. The van der Waals surface area contributed by atoms with Gasteiger partial charge in [0.25, 0.3) is 0 Å². The molecule has 0 spiro atoms. The number of benzene rings is 2. The lowest BCUT2D eigenvalue weighted by atomic mass is 9.87. The maximum absolute atomic E-state index is 13.3. The fourth-order valence-corrected chi connectivity index (χ4v) is 5.74. The number of rotatable bonds is 10. The summed E-state index contributed by atoms with van der Waals surface area (Å²) in [4.78, 5) is 17.2. The lowest BCUT2D eigenvalue weighted by molar-refractivity contribution is -0.132. The van der Waals surface area contributed by atoms with Crippen LogP contribution in [0.1, 0.15) is 58.1 Å². The van der Waals surface area contributed by atoms with Crippen LogP contribution in [0.2, 0.25) is 0 Å². The van der Waals surface area contributed by atoms with E-state index in [1.54, 1.807) is 28.6 Å². The van der Waals surface area contributed by atoms with Crippen molar-refractivity contribution in [2.75, 3.05) is 39.3 Å². The molecule has 6 nitrogen and oxygen atoms in total. The molecule has 36 heavy (non-hydrogen) atoms. The number of amides is 1. The molecule has 0 atom stereocenters. The lowest BCUT2D eigenvalue weighted by Crippen LogP contribution is -2.50. The average molecular weight is 518 g/mol. The van der Waals surface area contributed by atoms with Crippen molar-refractivity contribution in [2.45, 2.75) is 63.8 Å². The minimum Gasteiger partial charge on any atom is -0.337 e. The molecule has 0 unspecified atom stereocenters. The van der Waals surface area contributed by atoms with Crippen LogP contribution in [0.3, 0.4) is 0 Å². The Labute approximate surface area is 216 Å². The molecule has 1 aliphatic heterocycles. The summed E-state index contributed by atoms with van der Waals surface area (Å²) in [5.74, 6) is -0.193. The molecule has 0 aromatic heterocycles. The molecule has 1 saturated heterocycles. The van der Waals surface area contributed by atoms with Crippen molar-refractivity contribution in [3.63, 3.8) is 0 Å². The minimum atomic E-state index is -3.54. The van der Waals surface area contributed by atoms with Crippen LogP contribution < -0.4 is 0 Å². The first-order chi connectivity index (χ1) is 17.0. The molecule has 1 heterocycles. The lowest BCUT2D eigenvalue weighted by Gasteiger charge is -2.35. The monoisotopic (exact) mass is 517 g/mol. The molecule has 198 valence electrons. The molecule has 0 N–H and O–H groups in total. The smallest absolute Gasteiger partial charge is 0.243 e. The van der Waals surface area contributed by atoms with Gasteiger partial charge >= 0.3 is 0 Å². The highest BCUT2D eigenvalue weighted by atomic mass is 32.2. The topological polar surface area (TPSA) is 60.9 Å². The number of hydrogen-bond donors (Lipinski definition) is 0. The second-order valence-electron chi connectivity index (χ2n) is 10.6. The number of nitrogens with zero attached hydrogens (tertiary/aromatic N) is 3. The van der Waals surface area contributed by atoms with Crippen LogP contribution in [-0.2, 0) is 26.8 Å². The van der Waals surface area contributed by atoms with Gasteiger partial charge in [-0.2, -0.15) is 4.31 Å². The summed E-state index contributed by atoms with van der Waals surface area (Å²) in [6.07, 6.45) is 2.29. The molecule has 1 fully saturated rings. The average Bonchev–Trinajstić information content (AvgIpc) is 2.86. The van der Waals surface area contributed by atoms with E-state index in [9.17, 15) is 17.6 Å². The molecule has 3 rings (SSSR count). The summed E-state index contributed by atoms with van der Waals surface area (Å²) in [6.45, 7) is 12.1. The Morgan fingerprint density at radius 3 is 2.14 bits per heavy atom. The Kier molecular flexibility index (Phi) is 9.66. The molecular weight excluding hydrogens is 477 g/mol. The standard InChI is InChI=1S/C28H40FN3O3S/c1-5-6-7-27(33)31(22-23-8-12-25(29)13-9-23)19-16-30-17-20-32(21-18-30)36(34,35)26-14-10-24(11-15-26)28(2,3)4/h8-15H,5-7,16-22H2,1-4H3. The fourth-order valence-electron chi connectivity index (χ4n) is 4.32. The number of sulfonamides is 1. The van der Waals surface area contributed by atoms with Gasteiger partial charge in [-0.1, -0.05) is 58.4 Å². The van der Waals surface area contributed by atoms with E-state index in [2.05, 4.69) is 32.6 Å². The Balaban J connectivity index is 1.57. The van der Waals surface area contributed by atoms with E-state index in [0.29, 0.717) is 57.1 Å². The van der Waals surface area contributed by atoms with Gasteiger partial charge in [0.1, 0.15) is 5.82 Å². The number of halogens is 1. The van der Waals surface area contributed by atoms with Crippen LogP contribution in [0.15, 0.2) is 53.4 Å². The van der Waals surface area contributed by atoms with E-state index in [-0.39, 0.29) is 17.1 Å². The van der Waals surface area contributed by atoms with Crippen molar-refractivity contribution >= 4 is 15.9 Å². The number of unbranched alkanes of at least 4 members (excludes halogenated alkanes) is 1. The zero-order valence-corrected chi connectivity index (χ0v) is 22.9. The second-order valence-corrected chi connectivity index (χ2v) is 12.5. The number of carbonyl (C=O) groups excluding carboxylic acids is 1. The highest BCUT2D eigenvalue weighted by molar-refractivity contribution is 7.89. The molecule has 2 aromatic rings. The van der Waals surface area contributed by atoms with Gasteiger partial charge in [-0.3, -0.25) is 9.69 Å². The highest BCUT2D eigenvalue weighted by Gasteiger charge is 2.29. The van der Waals surface area contributed by atoms with Crippen LogP contribution in [0, 0.1) is 5.82 Å². The van der Waals surface area contributed by atoms with Crippen LogP contribution >= 0.6 is 0 Å². The molecule has 0 radical (unpaired) electrons. The Morgan fingerprint density at radius 1 is 0.972 bits per heavy atom. The molecule has 8 heteroatoms. The van der Waals surface area contributed by atoms with Crippen LogP contribution in [0.25, 0.3) is 0 Å². The van der Waals surface area contributed by atoms with E-state index in [4.69, 9.17) is 0 Å². The zero-order valence-electron chi connectivity index (χ0n) is 22.0. The number of carbonyl (C=O) groups is 1. The largest absolute Gasteiger partial charge is 0.337 e. The molecule has 0 bridgehead atoms. The van der Waals surface area contributed by atoms with Crippen molar-refractivity contribution in [2.24, 2.45) is 0 Å². The second kappa shape index (κ2) is 12.3. The Bertz CT molecular complexity index is 1090. The van der Waals surface area contributed by atoms with Gasteiger partial charge in [-0.15, -0.1) is 0 Å². The van der Waals surface area contributed by atoms with Crippen molar-refractivity contribution in [3.05, 3.63) is 65.5 Å². The normalized spacial score (nSPS) is 15.7. The van der Waals surface area contributed by atoms with Crippen molar-refractivity contribution in [1.29, 1.82) is 0 Å². The van der Waals surface area contributed by atoms with Gasteiger partial charge in [-0.25, -0.2) is 12.8 Å². The van der Waals surface area contributed by atoms with E-state index < -0.39 is 10.0 Å². The molecule has 1 aliphatic rings. The fraction of sp³-hybridized carbons (Fsp3) is 0.536. The molecular formula is C28H40FN3O3S. The van der Waals surface area contributed by atoms with Gasteiger partial charge in [0.15, 0.2) is 0 Å². The predicted molar refractivity (Wildman–Crippen MR) is 142 cm³/mol. The van der Waals surface area contributed by atoms with Crippen molar-refractivity contribution in [1.82, 2.24) is 14.1 Å². The van der Waals surface area contributed by atoms with Gasteiger partial charge in [0.2, 0.25) is 15.9 Å². The third kappa shape index (κ3) is 7.60. The van der Waals surface area contributed by atoms with E-state index >= 15 is 0 Å². The Morgan fingerprint density at radius 2 is 1.58 bits per heavy atom. The molecule has 0 saturated carbocycles. The maximum atomic E-state index is 13.3. The summed E-state index contributed by atoms with van der Waals surface area (Å²) in [5, 5.41) is 0. The first kappa shape index (κ1) is 28.3. The van der Waals surface area contributed by atoms with Crippen LogP contribution in [0.4, 0.5) is 4.39 Å². The summed E-state index contributed by atoms with van der Waals surface area (Å²) in [6, 6.07) is 13.5. The van der Waals surface area contributed by atoms with Gasteiger partial charge < -0.3 is 4.90 Å².